The van der Waals surface area contributed by atoms with E-state index in [9.17, 15) is 0 Å². The molecule has 1 unspecified atom stereocenters. The Labute approximate surface area is 59.9 Å². The third-order valence-electron chi connectivity index (χ3n) is 0.598. The van der Waals surface area contributed by atoms with Crippen LogP contribution in [0.4, 0.5) is 0 Å². The summed E-state index contributed by atoms with van der Waals surface area (Å²) in [6.07, 6.45) is 0.438. The Kier molecular flexibility index (Phi) is 4.70. The third-order valence-corrected chi connectivity index (χ3v) is 0.598. The van der Waals surface area contributed by atoms with Crippen molar-refractivity contribution in [3.8, 4) is 35.7 Å². The molecule has 0 spiro atoms. The van der Waals surface area contributed by atoms with E-state index in [2.05, 4.69) is 23.7 Å². The van der Waals surface area contributed by atoms with Gasteiger partial charge in [0.05, 0.1) is 0 Å². The van der Waals surface area contributed by atoms with Gasteiger partial charge in [-0.3, -0.25) is 0 Å². The molecule has 0 saturated carbocycles. The lowest BCUT2D eigenvalue weighted by Gasteiger charge is -1.83. The van der Waals surface area contributed by atoms with Crippen LogP contribution in [0.3, 0.4) is 0 Å². The minimum Gasteiger partial charge on any atom is -0.462 e. The van der Waals surface area contributed by atoms with Gasteiger partial charge in [0.25, 0.3) is 0 Å². The van der Waals surface area contributed by atoms with Crippen LogP contribution in [-0.4, -0.2) is 16.3 Å². The van der Waals surface area contributed by atoms with E-state index in [4.69, 9.17) is 10.2 Å². The normalized spacial score (nSPS) is 8.60. The van der Waals surface area contributed by atoms with Gasteiger partial charge in [0.2, 0.25) is 0 Å². The number of rotatable bonds is 0. The highest BCUT2D eigenvalue weighted by Crippen LogP contribution is 1.72. The maximum Gasteiger partial charge on any atom is 0.181 e. The molecule has 0 saturated heterocycles. The summed E-state index contributed by atoms with van der Waals surface area (Å²) in [6, 6.07) is 0. The zero-order chi connectivity index (χ0) is 7.82. The standard InChI is InChI=1S/C8H6O2/c1-2-3-4-5-8(10)6-7-9/h8-10H,1H3. The first-order valence-corrected chi connectivity index (χ1v) is 2.56. The molecule has 50 valence electrons. The fraction of sp³-hybridized carbons (Fsp3) is 0.250. The number of hydrogen-bond donors (Lipinski definition) is 2. The molecule has 0 aliphatic rings. The van der Waals surface area contributed by atoms with Gasteiger partial charge in [-0.15, -0.1) is 0 Å². The summed E-state index contributed by atoms with van der Waals surface area (Å²) in [7, 11) is 0. The van der Waals surface area contributed by atoms with E-state index >= 15 is 0 Å². The summed E-state index contributed by atoms with van der Waals surface area (Å²) in [4.78, 5) is 0. The smallest absolute Gasteiger partial charge is 0.181 e. The molecule has 0 aromatic rings. The Morgan fingerprint density at radius 1 is 1.20 bits per heavy atom. The predicted octanol–water partition coefficient (Wildman–Crippen LogP) is -0.293. The van der Waals surface area contributed by atoms with Gasteiger partial charge >= 0.3 is 0 Å². The molecule has 2 heteroatoms. The highest BCUT2D eigenvalue weighted by atomic mass is 16.3. The number of hydrogen-bond acceptors (Lipinski definition) is 2. The van der Waals surface area contributed by atoms with Gasteiger partial charge in [-0.1, -0.05) is 5.92 Å². The van der Waals surface area contributed by atoms with Crippen LogP contribution < -0.4 is 0 Å². The Hall–Kier alpha value is -1.56. The molecular formula is C8H6O2. The lowest BCUT2D eigenvalue weighted by molar-refractivity contribution is 0.288. The Balaban J connectivity index is 3.96. The Morgan fingerprint density at radius 3 is 2.40 bits per heavy atom. The van der Waals surface area contributed by atoms with Gasteiger partial charge in [-0.2, -0.15) is 0 Å². The zero-order valence-corrected chi connectivity index (χ0v) is 5.47. The van der Waals surface area contributed by atoms with Gasteiger partial charge in [0.1, 0.15) is 6.11 Å². The highest BCUT2D eigenvalue weighted by molar-refractivity contribution is 5.29. The van der Waals surface area contributed by atoms with Gasteiger partial charge in [0, 0.05) is 0 Å². The maximum atomic E-state index is 8.70. The fourth-order valence-electron chi connectivity index (χ4n) is 0.264. The van der Waals surface area contributed by atoms with Crippen LogP contribution in [0.15, 0.2) is 0 Å². The van der Waals surface area contributed by atoms with Crippen molar-refractivity contribution in [1.29, 1.82) is 0 Å². The van der Waals surface area contributed by atoms with E-state index in [1.165, 1.54) is 0 Å². The van der Waals surface area contributed by atoms with Crippen molar-refractivity contribution in [3.63, 3.8) is 0 Å². The Morgan fingerprint density at radius 2 is 1.90 bits per heavy atom. The van der Waals surface area contributed by atoms with Crippen molar-refractivity contribution in [3.05, 3.63) is 0 Å². The number of aliphatic hydroxyl groups is 2. The maximum absolute atomic E-state index is 8.70. The van der Waals surface area contributed by atoms with Crippen LogP contribution in [0, 0.1) is 35.7 Å². The van der Waals surface area contributed by atoms with Crippen molar-refractivity contribution in [2.24, 2.45) is 0 Å². The second-order valence-corrected chi connectivity index (χ2v) is 1.30. The molecule has 0 aromatic heterocycles. The van der Waals surface area contributed by atoms with E-state index in [-0.39, 0.29) is 0 Å². The second-order valence-electron chi connectivity index (χ2n) is 1.30. The van der Waals surface area contributed by atoms with Crippen LogP contribution in [0.5, 0.6) is 0 Å². The summed E-state index contributed by atoms with van der Waals surface area (Å²) < 4.78 is 0. The first kappa shape index (κ1) is 8.44. The number of aliphatic hydroxyl groups excluding tert-OH is 2. The highest BCUT2D eigenvalue weighted by Gasteiger charge is 1.86. The van der Waals surface area contributed by atoms with E-state index < -0.39 is 6.10 Å². The molecule has 0 aromatic carbocycles. The SMILES string of the molecule is CC#CC#CC(O)C#CO. The lowest BCUT2D eigenvalue weighted by atomic mass is 10.4. The summed E-state index contributed by atoms with van der Waals surface area (Å²) in [5.41, 5.74) is 0. The van der Waals surface area contributed by atoms with Gasteiger partial charge < -0.3 is 10.2 Å². The average molecular weight is 134 g/mol. The van der Waals surface area contributed by atoms with E-state index in [0.29, 0.717) is 0 Å². The molecular weight excluding hydrogens is 128 g/mol. The topological polar surface area (TPSA) is 40.5 Å². The first-order chi connectivity index (χ1) is 4.81. The van der Waals surface area contributed by atoms with Crippen LogP contribution in [0.1, 0.15) is 6.92 Å². The molecule has 10 heavy (non-hydrogen) atoms. The van der Waals surface area contributed by atoms with E-state index in [1.807, 2.05) is 5.92 Å². The summed E-state index contributed by atoms with van der Waals surface area (Å²) in [5.74, 6) is 11.6. The molecule has 2 N–H and O–H groups in total. The molecule has 0 heterocycles. The fourth-order valence-corrected chi connectivity index (χ4v) is 0.264. The van der Waals surface area contributed by atoms with Gasteiger partial charge in [-0.25, -0.2) is 0 Å². The monoisotopic (exact) mass is 134 g/mol. The quantitative estimate of drug-likeness (QED) is 0.447. The summed E-state index contributed by atoms with van der Waals surface area (Å²) in [6.45, 7) is 1.64. The molecule has 2 nitrogen and oxygen atoms in total. The molecule has 0 aliphatic carbocycles. The van der Waals surface area contributed by atoms with E-state index in [1.54, 1.807) is 13.0 Å². The van der Waals surface area contributed by atoms with Crippen LogP contribution in [-0.2, 0) is 0 Å². The second kappa shape index (κ2) is 5.57. The molecule has 1 atom stereocenters. The molecule has 0 aliphatic heterocycles. The lowest BCUT2D eigenvalue weighted by Crippen LogP contribution is -1.96. The van der Waals surface area contributed by atoms with Crippen molar-refractivity contribution in [1.82, 2.24) is 0 Å². The van der Waals surface area contributed by atoms with Gasteiger partial charge in [-0.05, 0) is 30.6 Å². The van der Waals surface area contributed by atoms with Crippen molar-refractivity contribution in [2.45, 2.75) is 13.0 Å². The first-order valence-electron chi connectivity index (χ1n) is 2.56. The molecule has 0 rings (SSSR count). The summed E-state index contributed by atoms with van der Waals surface area (Å²) >= 11 is 0. The minimum atomic E-state index is -1.11. The largest absolute Gasteiger partial charge is 0.462 e. The van der Waals surface area contributed by atoms with Crippen LogP contribution in [0.25, 0.3) is 0 Å². The Bertz CT molecular complexity index is 259. The molecule has 0 amide bonds. The third kappa shape index (κ3) is 4.60. The minimum absolute atomic E-state index is 1.11. The van der Waals surface area contributed by atoms with Gasteiger partial charge in [0.15, 0.2) is 6.10 Å². The zero-order valence-electron chi connectivity index (χ0n) is 5.47. The summed E-state index contributed by atoms with van der Waals surface area (Å²) in [5, 5.41) is 16.7. The van der Waals surface area contributed by atoms with Crippen molar-refractivity contribution >= 4 is 0 Å². The van der Waals surface area contributed by atoms with Crippen LogP contribution in [0.2, 0.25) is 0 Å². The van der Waals surface area contributed by atoms with Crippen molar-refractivity contribution < 1.29 is 10.2 Å². The molecule has 0 bridgehead atoms. The average Bonchev–Trinajstić information content (AvgIpc) is 1.89. The van der Waals surface area contributed by atoms with Crippen molar-refractivity contribution in [2.75, 3.05) is 0 Å². The molecule has 0 fully saturated rings. The molecule has 0 radical (unpaired) electrons. The van der Waals surface area contributed by atoms with E-state index in [0.717, 1.165) is 0 Å². The predicted molar refractivity (Wildman–Crippen MR) is 36.9 cm³/mol. The van der Waals surface area contributed by atoms with Crippen LogP contribution >= 0.6 is 0 Å².